The van der Waals surface area contributed by atoms with Crippen molar-refractivity contribution in [2.75, 3.05) is 13.1 Å². The highest BCUT2D eigenvalue weighted by Gasteiger charge is 2.17. The number of rotatable bonds is 3. The largest absolute Gasteiger partial charge is 0.489 e. The summed E-state index contributed by atoms with van der Waals surface area (Å²) in [5.41, 5.74) is -0.288. The van der Waals surface area contributed by atoms with Crippen molar-refractivity contribution >= 4 is 5.69 Å². The van der Waals surface area contributed by atoms with Gasteiger partial charge in [0.15, 0.2) is 0 Å². The molecule has 0 spiro atoms. The fourth-order valence-electron chi connectivity index (χ4n) is 1.83. The predicted octanol–water partition coefficient (Wildman–Crippen LogP) is 1.86. The Morgan fingerprint density at radius 2 is 2.29 bits per heavy atom. The van der Waals surface area contributed by atoms with Crippen molar-refractivity contribution in [2.45, 2.75) is 18.9 Å². The highest BCUT2D eigenvalue weighted by molar-refractivity contribution is 5.39. The van der Waals surface area contributed by atoms with E-state index in [4.69, 9.17) is 4.74 Å². The van der Waals surface area contributed by atoms with E-state index >= 15 is 0 Å². The number of ether oxygens (including phenoxy) is 1. The van der Waals surface area contributed by atoms with Gasteiger partial charge in [0.1, 0.15) is 17.7 Å². The number of nitro groups is 1. The monoisotopic (exact) mass is 240 g/mol. The van der Waals surface area contributed by atoms with E-state index in [9.17, 15) is 14.5 Å². The standard InChI is InChI=1S/C11H13FN2O3/c12-8-4-9(14(15)16)6-11(5-8)17-10-2-1-3-13-7-10/h4-6,10,13H,1-3,7H2/t10-/m0/s1. The Bertz CT molecular complexity index is 419. The summed E-state index contributed by atoms with van der Waals surface area (Å²) in [6, 6.07) is 3.30. The van der Waals surface area contributed by atoms with Crippen LogP contribution in [0.5, 0.6) is 5.75 Å². The lowest BCUT2D eigenvalue weighted by Gasteiger charge is -2.23. The molecule has 1 saturated heterocycles. The summed E-state index contributed by atoms with van der Waals surface area (Å²) < 4.78 is 18.7. The number of non-ortho nitro benzene ring substituents is 1. The molecule has 5 nitrogen and oxygen atoms in total. The van der Waals surface area contributed by atoms with E-state index in [1.54, 1.807) is 0 Å². The number of hydrogen-bond acceptors (Lipinski definition) is 4. The second-order valence-corrected chi connectivity index (χ2v) is 3.99. The third-order valence-corrected chi connectivity index (χ3v) is 2.62. The number of nitrogens with one attached hydrogen (secondary N) is 1. The van der Waals surface area contributed by atoms with Crippen molar-refractivity contribution in [1.29, 1.82) is 0 Å². The van der Waals surface area contributed by atoms with E-state index in [1.165, 1.54) is 12.1 Å². The van der Waals surface area contributed by atoms with Gasteiger partial charge in [-0.25, -0.2) is 4.39 Å². The molecule has 6 heteroatoms. The quantitative estimate of drug-likeness (QED) is 0.647. The van der Waals surface area contributed by atoms with Gasteiger partial charge in [0.25, 0.3) is 5.69 Å². The highest BCUT2D eigenvalue weighted by Crippen LogP contribution is 2.23. The molecule has 2 rings (SSSR count). The van der Waals surface area contributed by atoms with Crippen LogP contribution in [0.2, 0.25) is 0 Å². The van der Waals surface area contributed by atoms with Crippen molar-refractivity contribution in [1.82, 2.24) is 5.32 Å². The van der Waals surface area contributed by atoms with Crippen LogP contribution in [-0.4, -0.2) is 24.1 Å². The molecule has 0 bridgehead atoms. The van der Waals surface area contributed by atoms with Crippen LogP contribution in [0.1, 0.15) is 12.8 Å². The number of halogens is 1. The molecule has 1 aliphatic rings. The molecule has 0 amide bonds. The van der Waals surface area contributed by atoms with E-state index in [2.05, 4.69) is 5.32 Å². The van der Waals surface area contributed by atoms with Crippen LogP contribution in [0.3, 0.4) is 0 Å². The van der Waals surface area contributed by atoms with Gasteiger partial charge in [0, 0.05) is 12.6 Å². The maximum Gasteiger partial charge on any atom is 0.276 e. The van der Waals surface area contributed by atoms with E-state index in [0.29, 0.717) is 6.54 Å². The molecule has 1 fully saturated rings. The molecular formula is C11H13FN2O3. The molecule has 1 aromatic rings. The number of benzene rings is 1. The van der Waals surface area contributed by atoms with Crippen LogP contribution in [0, 0.1) is 15.9 Å². The molecule has 1 aromatic carbocycles. The lowest BCUT2D eigenvalue weighted by atomic mass is 10.1. The summed E-state index contributed by atoms with van der Waals surface area (Å²) >= 11 is 0. The van der Waals surface area contributed by atoms with Gasteiger partial charge in [0.2, 0.25) is 0 Å². The van der Waals surface area contributed by atoms with E-state index in [-0.39, 0.29) is 17.5 Å². The first-order valence-electron chi connectivity index (χ1n) is 5.47. The topological polar surface area (TPSA) is 64.4 Å². The van der Waals surface area contributed by atoms with Gasteiger partial charge in [-0.15, -0.1) is 0 Å². The third-order valence-electron chi connectivity index (χ3n) is 2.62. The van der Waals surface area contributed by atoms with Crippen LogP contribution >= 0.6 is 0 Å². The molecular weight excluding hydrogens is 227 g/mol. The highest BCUT2D eigenvalue weighted by atomic mass is 19.1. The zero-order valence-corrected chi connectivity index (χ0v) is 9.19. The van der Waals surface area contributed by atoms with Crippen molar-refractivity contribution < 1.29 is 14.1 Å². The molecule has 0 saturated carbocycles. The van der Waals surface area contributed by atoms with Crippen LogP contribution < -0.4 is 10.1 Å². The Morgan fingerprint density at radius 1 is 1.47 bits per heavy atom. The first kappa shape index (κ1) is 11.8. The van der Waals surface area contributed by atoms with Gasteiger partial charge < -0.3 is 10.1 Å². The SMILES string of the molecule is O=[N+]([O-])c1cc(F)cc(O[C@H]2CCCNC2)c1. The summed E-state index contributed by atoms with van der Waals surface area (Å²) in [6.07, 6.45) is 1.81. The Morgan fingerprint density at radius 3 is 2.94 bits per heavy atom. The molecule has 1 N–H and O–H groups in total. The Hall–Kier alpha value is -1.69. The van der Waals surface area contributed by atoms with Gasteiger partial charge in [-0.1, -0.05) is 0 Å². The summed E-state index contributed by atoms with van der Waals surface area (Å²) in [4.78, 5) is 9.94. The summed E-state index contributed by atoms with van der Waals surface area (Å²) in [5.74, 6) is -0.441. The first-order valence-corrected chi connectivity index (χ1v) is 5.47. The van der Waals surface area contributed by atoms with E-state index in [0.717, 1.165) is 25.5 Å². The number of nitro benzene ring substituents is 1. The predicted molar refractivity (Wildman–Crippen MR) is 59.6 cm³/mol. The summed E-state index contributed by atoms with van der Waals surface area (Å²) in [6.45, 7) is 1.63. The fourth-order valence-corrected chi connectivity index (χ4v) is 1.83. The van der Waals surface area contributed by atoms with Crippen molar-refractivity contribution in [3.8, 4) is 5.75 Å². The molecule has 92 valence electrons. The van der Waals surface area contributed by atoms with Crippen molar-refractivity contribution in [3.63, 3.8) is 0 Å². The minimum absolute atomic E-state index is 0.0508. The molecule has 0 radical (unpaired) electrons. The van der Waals surface area contributed by atoms with Gasteiger partial charge in [-0.3, -0.25) is 10.1 Å². The summed E-state index contributed by atoms with van der Waals surface area (Å²) in [5, 5.41) is 13.7. The molecule has 0 unspecified atom stereocenters. The van der Waals surface area contributed by atoms with Crippen LogP contribution in [-0.2, 0) is 0 Å². The van der Waals surface area contributed by atoms with Gasteiger partial charge >= 0.3 is 0 Å². The van der Waals surface area contributed by atoms with E-state index < -0.39 is 10.7 Å². The third kappa shape index (κ3) is 3.13. The normalized spacial score (nSPS) is 19.9. The minimum atomic E-state index is -0.655. The average molecular weight is 240 g/mol. The van der Waals surface area contributed by atoms with Gasteiger partial charge in [0.05, 0.1) is 17.1 Å². The van der Waals surface area contributed by atoms with Crippen molar-refractivity contribution in [2.24, 2.45) is 0 Å². The maximum absolute atomic E-state index is 13.1. The molecule has 0 aliphatic carbocycles. The van der Waals surface area contributed by atoms with Gasteiger partial charge in [-0.05, 0) is 19.4 Å². The molecule has 1 aliphatic heterocycles. The number of hydrogen-bond donors (Lipinski definition) is 1. The Labute approximate surface area is 97.7 Å². The molecule has 17 heavy (non-hydrogen) atoms. The van der Waals surface area contributed by atoms with E-state index in [1.807, 2.05) is 0 Å². The first-order chi connectivity index (χ1) is 8.15. The van der Waals surface area contributed by atoms with Crippen LogP contribution in [0.4, 0.5) is 10.1 Å². The number of piperidine rings is 1. The van der Waals surface area contributed by atoms with Crippen LogP contribution in [0.15, 0.2) is 18.2 Å². The fraction of sp³-hybridized carbons (Fsp3) is 0.455. The second-order valence-electron chi connectivity index (χ2n) is 3.99. The second kappa shape index (κ2) is 5.09. The van der Waals surface area contributed by atoms with Crippen molar-refractivity contribution in [3.05, 3.63) is 34.1 Å². The number of nitrogens with zero attached hydrogens (tertiary/aromatic N) is 1. The smallest absolute Gasteiger partial charge is 0.276 e. The Balaban J connectivity index is 2.11. The lowest BCUT2D eigenvalue weighted by molar-refractivity contribution is -0.385. The minimum Gasteiger partial charge on any atom is -0.489 e. The molecule has 1 atom stereocenters. The molecule has 0 aromatic heterocycles. The van der Waals surface area contributed by atoms with Gasteiger partial charge in [-0.2, -0.15) is 0 Å². The lowest BCUT2D eigenvalue weighted by Crippen LogP contribution is -2.37. The molecule has 1 heterocycles. The zero-order valence-electron chi connectivity index (χ0n) is 9.19. The summed E-state index contributed by atoms with van der Waals surface area (Å²) in [7, 11) is 0. The van der Waals surface area contributed by atoms with Crippen LogP contribution in [0.25, 0.3) is 0 Å². The zero-order chi connectivity index (χ0) is 12.3. The average Bonchev–Trinajstić information content (AvgIpc) is 2.29. The maximum atomic E-state index is 13.1. The Kier molecular flexibility index (Phi) is 3.53.